The molecule has 0 fully saturated rings. The molecule has 6 aromatic rings. The first-order valence-corrected chi connectivity index (χ1v) is 9.86. The molecule has 0 bridgehead atoms. The summed E-state index contributed by atoms with van der Waals surface area (Å²) in [7, 11) is 0. The number of benzene rings is 5. The second-order valence-electron chi connectivity index (χ2n) is 7.46. The van der Waals surface area contributed by atoms with Crippen molar-refractivity contribution >= 4 is 32.7 Å². The fraction of sp³-hybridized carbons (Fsp3) is 0. The van der Waals surface area contributed by atoms with Crippen LogP contribution in [0.2, 0.25) is 0 Å². The Bertz CT molecular complexity index is 1490. The molecule has 29 heavy (non-hydrogen) atoms. The average molecular weight is 370 g/mol. The van der Waals surface area contributed by atoms with Crippen LogP contribution in [0, 0.1) is 0 Å². The van der Waals surface area contributed by atoms with Crippen LogP contribution in [0.25, 0.3) is 55.0 Å². The van der Waals surface area contributed by atoms with Crippen LogP contribution in [0.3, 0.4) is 0 Å². The minimum absolute atomic E-state index is 0.939. The van der Waals surface area contributed by atoms with Gasteiger partial charge >= 0.3 is 0 Å². The maximum atomic E-state index is 6.08. The van der Waals surface area contributed by atoms with Crippen molar-refractivity contribution in [3.63, 3.8) is 0 Å². The summed E-state index contributed by atoms with van der Waals surface area (Å²) in [6.45, 7) is 0. The van der Waals surface area contributed by atoms with Gasteiger partial charge in [0.2, 0.25) is 0 Å². The van der Waals surface area contributed by atoms with Crippen LogP contribution in [-0.4, -0.2) is 0 Å². The number of para-hydroxylation sites is 1. The van der Waals surface area contributed by atoms with Gasteiger partial charge in [-0.05, 0) is 63.4 Å². The molecule has 0 spiro atoms. The van der Waals surface area contributed by atoms with Crippen LogP contribution in [0.15, 0.2) is 114 Å². The topological polar surface area (TPSA) is 13.1 Å². The Hall–Kier alpha value is -3.84. The first-order valence-electron chi connectivity index (χ1n) is 9.86. The van der Waals surface area contributed by atoms with E-state index < -0.39 is 0 Å². The van der Waals surface area contributed by atoms with Gasteiger partial charge in [0.05, 0.1) is 0 Å². The fourth-order valence-corrected chi connectivity index (χ4v) is 4.16. The summed E-state index contributed by atoms with van der Waals surface area (Å²) in [4.78, 5) is 0. The van der Waals surface area contributed by atoms with Crippen molar-refractivity contribution in [2.24, 2.45) is 0 Å². The van der Waals surface area contributed by atoms with Crippen molar-refractivity contribution < 1.29 is 4.42 Å². The first-order chi connectivity index (χ1) is 14.3. The van der Waals surface area contributed by atoms with E-state index in [2.05, 4.69) is 97.1 Å². The molecule has 0 amide bonds. The zero-order chi connectivity index (χ0) is 19.2. The maximum absolute atomic E-state index is 6.08. The van der Waals surface area contributed by atoms with Gasteiger partial charge in [-0.15, -0.1) is 0 Å². The van der Waals surface area contributed by atoms with Gasteiger partial charge in [-0.25, -0.2) is 0 Å². The molecule has 0 saturated heterocycles. The summed E-state index contributed by atoms with van der Waals surface area (Å²) >= 11 is 0. The van der Waals surface area contributed by atoms with E-state index in [9.17, 15) is 0 Å². The normalized spacial score (nSPS) is 11.4. The Kier molecular flexibility index (Phi) is 3.54. The van der Waals surface area contributed by atoms with Crippen molar-refractivity contribution in [3.05, 3.63) is 109 Å². The summed E-state index contributed by atoms with van der Waals surface area (Å²) in [6.07, 6.45) is 0. The molecule has 0 aliphatic rings. The predicted octanol–water partition coefficient (Wildman–Crippen LogP) is 8.07. The van der Waals surface area contributed by atoms with Crippen molar-refractivity contribution in [1.82, 2.24) is 0 Å². The van der Waals surface area contributed by atoms with Gasteiger partial charge < -0.3 is 4.42 Å². The monoisotopic (exact) mass is 370 g/mol. The number of hydrogen-bond acceptors (Lipinski definition) is 1. The predicted molar refractivity (Wildman–Crippen MR) is 122 cm³/mol. The third-order valence-corrected chi connectivity index (χ3v) is 5.64. The van der Waals surface area contributed by atoms with E-state index in [1.165, 1.54) is 43.8 Å². The van der Waals surface area contributed by atoms with E-state index in [1.807, 2.05) is 12.1 Å². The largest absolute Gasteiger partial charge is 0.456 e. The van der Waals surface area contributed by atoms with Crippen molar-refractivity contribution in [2.75, 3.05) is 0 Å². The molecule has 0 aliphatic carbocycles. The molecule has 0 N–H and O–H groups in total. The highest BCUT2D eigenvalue weighted by atomic mass is 16.3. The van der Waals surface area contributed by atoms with E-state index in [0.29, 0.717) is 0 Å². The third kappa shape index (κ3) is 2.71. The zero-order valence-corrected chi connectivity index (χ0v) is 15.8. The standard InChI is InChI=1S/C28H18O/c1-2-7-19(8-3-1)20-9-6-10-21(15-20)22-13-14-23-17-26-25-11-4-5-12-27(25)29-28(26)18-24(23)16-22/h1-18H. The minimum Gasteiger partial charge on any atom is -0.456 e. The SMILES string of the molecule is c1ccc(-c2cccc(-c3ccc4cc5c(cc4c3)oc3ccccc35)c2)cc1. The molecular formula is C28H18O. The molecule has 136 valence electrons. The number of rotatable bonds is 2. The van der Waals surface area contributed by atoms with Crippen LogP contribution in [0.1, 0.15) is 0 Å². The van der Waals surface area contributed by atoms with Gasteiger partial charge in [0, 0.05) is 10.8 Å². The van der Waals surface area contributed by atoms with E-state index in [0.717, 1.165) is 11.2 Å². The zero-order valence-electron chi connectivity index (χ0n) is 15.8. The Morgan fingerprint density at radius 2 is 1.10 bits per heavy atom. The Morgan fingerprint density at radius 1 is 0.379 bits per heavy atom. The number of hydrogen-bond donors (Lipinski definition) is 0. The molecule has 0 saturated carbocycles. The summed E-state index contributed by atoms with van der Waals surface area (Å²) in [6, 6.07) is 38.5. The van der Waals surface area contributed by atoms with Gasteiger partial charge in [-0.3, -0.25) is 0 Å². The highest BCUT2D eigenvalue weighted by molar-refractivity contribution is 6.10. The fourth-order valence-electron chi connectivity index (χ4n) is 4.16. The van der Waals surface area contributed by atoms with Gasteiger partial charge in [-0.2, -0.15) is 0 Å². The van der Waals surface area contributed by atoms with Crippen LogP contribution < -0.4 is 0 Å². The Morgan fingerprint density at radius 3 is 2.00 bits per heavy atom. The van der Waals surface area contributed by atoms with E-state index in [-0.39, 0.29) is 0 Å². The molecular weight excluding hydrogens is 352 g/mol. The van der Waals surface area contributed by atoms with Crippen molar-refractivity contribution in [1.29, 1.82) is 0 Å². The lowest BCUT2D eigenvalue weighted by Crippen LogP contribution is -1.82. The van der Waals surface area contributed by atoms with Gasteiger partial charge in [0.15, 0.2) is 0 Å². The number of furan rings is 1. The first kappa shape index (κ1) is 16.1. The van der Waals surface area contributed by atoms with E-state index >= 15 is 0 Å². The van der Waals surface area contributed by atoms with Crippen LogP contribution in [0.5, 0.6) is 0 Å². The summed E-state index contributed by atoms with van der Waals surface area (Å²) in [5.41, 5.74) is 6.78. The maximum Gasteiger partial charge on any atom is 0.136 e. The number of fused-ring (bicyclic) bond motifs is 4. The van der Waals surface area contributed by atoms with Gasteiger partial charge in [0.1, 0.15) is 11.2 Å². The minimum atomic E-state index is 0.939. The van der Waals surface area contributed by atoms with Gasteiger partial charge in [0.25, 0.3) is 0 Å². The molecule has 0 unspecified atom stereocenters. The average Bonchev–Trinajstić information content (AvgIpc) is 3.15. The summed E-state index contributed by atoms with van der Waals surface area (Å²) < 4.78 is 6.08. The van der Waals surface area contributed by atoms with E-state index in [1.54, 1.807) is 0 Å². The van der Waals surface area contributed by atoms with Crippen LogP contribution >= 0.6 is 0 Å². The summed E-state index contributed by atoms with van der Waals surface area (Å²) in [5.74, 6) is 0. The molecule has 1 heterocycles. The molecule has 1 aromatic heterocycles. The van der Waals surface area contributed by atoms with Gasteiger partial charge in [-0.1, -0.05) is 78.9 Å². The summed E-state index contributed by atoms with van der Waals surface area (Å²) in [5, 5.41) is 4.77. The van der Waals surface area contributed by atoms with Crippen molar-refractivity contribution in [2.45, 2.75) is 0 Å². The third-order valence-electron chi connectivity index (χ3n) is 5.64. The van der Waals surface area contributed by atoms with Crippen LogP contribution in [-0.2, 0) is 0 Å². The lowest BCUT2D eigenvalue weighted by atomic mass is 9.97. The highest BCUT2D eigenvalue weighted by Gasteiger charge is 2.09. The lowest BCUT2D eigenvalue weighted by Gasteiger charge is -2.08. The molecule has 0 radical (unpaired) electrons. The molecule has 1 heteroatoms. The lowest BCUT2D eigenvalue weighted by molar-refractivity contribution is 0.669. The second-order valence-corrected chi connectivity index (χ2v) is 7.46. The Balaban J connectivity index is 1.50. The van der Waals surface area contributed by atoms with E-state index in [4.69, 9.17) is 4.42 Å². The molecule has 0 aliphatic heterocycles. The molecule has 6 rings (SSSR count). The molecule has 0 atom stereocenters. The highest BCUT2D eigenvalue weighted by Crippen LogP contribution is 2.34. The quantitative estimate of drug-likeness (QED) is 0.300. The van der Waals surface area contributed by atoms with Crippen molar-refractivity contribution in [3.8, 4) is 22.3 Å². The molecule has 5 aromatic carbocycles. The smallest absolute Gasteiger partial charge is 0.136 e. The second kappa shape index (κ2) is 6.35. The Labute approximate surface area is 168 Å². The molecule has 1 nitrogen and oxygen atoms in total. The van der Waals surface area contributed by atoms with Crippen LogP contribution in [0.4, 0.5) is 0 Å².